The Morgan fingerprint density at radius 3 is 1.90 bits per heavy atom. The Hall–Kier alpha value is 0.0238. The van der Waals surface area contributed by atoms with Gasteiger partial charge in [-0.2, -0.15) is 0 Å². The molecule has 0 aromatic carbocycles. The Balaban J connectivity index is 4.86. The fourth-order valence-corrected chi connectivity index (χ4v) is 4.10. The molecule has 0 bridgehead atoms. The summed E-state index contributed by atoms with van der Waals surface area (Å²) in [7, 11) is -3.19. The average molecular weight is 319 g/mol. The molecule has 0 aliphatic carbocycles. The smallest absolute Gasteiger partial charge is 0.184 e. The van der Waals surface area contributed by atoms with Crippen molar-refractivity contribution in [2.45, 2.75) is 79.0 Å². The largest absolute Gasteiger partial charge is 0.418 e. The van der Waals surface area contributed by atoms with E-state index in [2.05, 4.69) is 39.3 Å². The number of carbonyl (C=O) groups excluding carboxylic acids is 1. The van der Waals surface area contributed by atoms with Crippen molar-refractivity contribution in [1.82, 2.24) is 0 Å². The van der Waals surface area contributed by atoms with Gasteiger partial charge in [0.25, 0.3) is 0 Å². The summed E-state index contributed by atoms with van der Waals surface area (Å²) in [5.74, 6) is 0.272. The molecular formula is C15H34O3Si2. The SMILES string of the molecule is CCC(=O)C(C)(C)[C@H](CCO[Si](C)(C)C)O[Si](C)(C)C. The van der Waals surface area contributed by atoms with E-state index < -0.39 is 22.0 Å². The average Bonchev–Trinajstić information content (AvgIpc) is 2.23. The van der Waals surface area contributed by atoms with Gasteiger partial charge in [0, 0.05) is 18.4 Å². The van der Waals surface area contributed by atoms with Gasteiger partial charge in [0.2, 0.25) is 0 Å². The third-order valence-electron chi connectivity index (χ3n) is 3.26. The monoisotopic (exact) mass is 318 g/mol. The highest BCUT2D eigenvalue weighted by Crippen LogP contribution is 2.31. The van der Waals surface area contributed by atoms with E-state index in [9.17, 15) is 4.79 Å². The van der Waals surface area contributed by atoms with Gasteiger partial charge in [-0.1, -0.05) is 20.8 Å². The van der Waals surface area contributed by atoms with Crippen LogP contribution in [0.1, 0.15) is 33.6 Å². The molecule has 0 rings (SSSR count). The highest BCUT2D eigenvalue weighted by Gasteiger charge is 2.38. The highest BCUT2D eigenvalue weighted by atomic mass is 28.4. The third-order valence-corrected chi connectivity index (χ3v) is 5.32. The zero-order valence-electron chi connectivity index (χ0n) is 14.9. The summed E-state index contributed by atoms with van der Waals surface area (Å²) in [5, 5.41) is 0. The lowest BCUT2D eigenvalue weighted by Gasteiger charge is -2.37. The van der Waals surface area contributed by atoms with Gasteiger partial charge in [-0.25, -0.2) is 0 Å². The molecule has 1 atom stereocenters. The van der Waals surface area contributed by atoms with Crippen LogP contribution >= 0.6 is 0 Å². The van der Waals surface area contributed by atoms with Crippen LogP contribution in [0.4, 0.5) is 0 Å². The van der Waals surface area contributed by atoms with Gasteiger partial charge >= 0.3 is 0 Å². The lowest BCUT2D eigenvalue weighted by atomic mass is 9.80. The summed E-state index contributed by atoms with van der Waals surface area (Å²) < 4.78 is 12.2. The minimum atomic E-state index is -1.68. The topological polar surface area (TPSA) is 35.5 Å². The van der Waals surface area contributed by atoms with Crippen LogP contribution in [0.3, 0.4) is 0 Å². The number of rotatable bonds is 9. The van der Waals surface area contributed by atoms with Crippen molar-refractivity contribution in [2.24, 2.45) is 5.41 Å². The lowest BCUT2D eigenvalue weighted by molar-refractivity contribution is -0.132. The maximum absolute atomic E-state index is 12.2. The van der Waals surface area contributed by atoms with Gasteiger partial charge in [0.05, 0.1) is 6.10 Å². The standard InChI is InChI=1S/C15H34O3Si2/c1-10-13(16)15(2,3)14(18-20(7,8)9)11-12-17-19(4,5)6/h14H,10-12H2,1-9H3/t14-/m0/s1. The van der Waals surface area contributed by atoms with E-state index in [1.165, 1.54) is 0 Å². The van der Waals surface area contributed by atoms with Crippen LogP contribution in [0, 0.1) is 5.41 Å². The predicted octanol–water partition coefficient (Wildman–Crippen LogP) is 4.45. The summed E-state index contributed by atoms with van der Waals surface area (Å²) in [4.78, 5) is 12.2. The minimum absolute atomic E-state index is 0.0435. The zero-order valence-corrected chi connectivity index (χ0v) is 16.9. The second kappa shape index (κ2) is 7.34. The lowest BCUT2D eigenvalue weighted by Crippen LogP contribution is -2.45. The summed E-state index contributed by atoms with van der Waals surface area (Å²) in [6.45, 7) is 19.7. The maximum Gasteiger partial charge on any atom is 0.184 e. The van der Waals surface area contributed by atoms with Gasteiger partial charge < -0.3 is 8.85 Å². The third kappa shape index (κ3) is 7.71. The van der Waals surface area contributed by atoms with Crippen molar-refractivity contribution in [3.8, 4) is 0 Å². The highest BCUT2D eigenvalue weighted by molar-refractivity contribution is 6.70. The molecule has 3 nitrogen and oxygen atoms in total. The normalized spacial score (nSPS) is 15.2. The van der Waals surface area contributed by atoms with Gasteiger partial charge in [-0.05, 0) is 45.7 Å². The Bertz CT molecular complexity index is 314. The maximum atomic E-state index is 12.2. The molecule has 5 heteroatoms. The van der Waals surface area contributed by atoms with Crippen molar-refractivity contribution in [1.29, 1.82) is 0 Å². The van der Waals surface area contributed by atoms with E-state index in [0.29, 0.717) is 13.0 Å². The van der Waals surface area contributed by atoms with Crippen molar-refractivity contribution in [3.05, 3.63) is 0 Å². The molecule has 0 radical (unpaired) electrons. The van der Waals surface area contributed by atoms with Crippen LogP contribution in [0.15, 0.2) is 0 Å². The molecule has 0 amide bonds. The fourth-order valence-electron chi connectivity index (χ4n) is 2.10. The van der Waals surface area contributed by atoms with E-state index >= 15 is 0 Å². The first-order valence-corrected chi connectivity index (χ1v) is 14.5. The molecule has 0 unspecified atom stereocenters. The van der Waals surface area contributed by atoms with E-state index in [1.807, 2.05) is 20.8 Å². The van der Waals surface area contributed by atoms with Gasteiger partial charge in [-0.3, -0.25) is 4.79 Å². The molecular weight excluding hydrogens is 284 g/mol. The molecule has 20 heavy (non-hydrogen) atoms. The number of hydrogen-bond donors (Lipinski definition) is 0. The number of ketones is 1. The molecule has 0 heterocycles. The summed E-state index contributed by atoms with van der Waals surface area (Å²) in [6, 6.07) is 0. The number of carbonyl (C=O) groups is 1. The molecule has 0 aromatic heterocycles. The fraction of sp³-hybridized carbons (Fsp3) is 0.933. The first-order chi connectivity index (χ1) is 8.79. The second-order valence-corrected chi connectivity index (χ2v) is 16.9. The Morgan fingerprint density at radius 1 is 1.05 bits per heavy atom. The Morgan fingerprint density at radius 2 is 1.55 bits per heavy atom. The number of hydrogen-bond acceptors (Lipinski definition) is 3. The molecule has 120 valence electrons. The minimum Gasteiger partial charge on any atom is -0.418 e. The summed E-state index contributed by atoms with van der Waals surface area (Å²) in [5.41, 5.74) is -0.433. The molecule has 0 spiro atoms. The molecule has 0 aliphatic rings. The van der Waals surface area contributed by atoms with Crippen molar-refractivity contribution >= 4 is 22.4 Å². The first-order valence-electron chi connectivity index (χ1n) is 7.64. The number of Topliss-reactive ketones (excluding diaryl/α,β-unsaturated/α-hetero) is 1. The van der Waals surface area contributed by atoms with Crippen LogP contribution in [-0.2, 0) is 13.6 Å². The predicted molar refractivity (Wildman–Crippen MR) is 91.2 cm³/mol. The zero-order chi connectivity index (χ0) is 16.2. The quantitative estimate of drug-likeness (QED) is 0.589. The van der Waals surface area contributed by atoms with E-state index in [-0.39, 0.29) is 11.9 Å². The van der Waals surface area contributed by atoms with Crippen molar-refractivity contribution in [2.75, 3.05) is 6.61 Å². The van der Waals surface area contributed by atoms with E-state index in [4.69, 9.17) is 8.85 Å². The second-order valence-electron chi connectivity index (χ2n) is 7.97. The molecule has 0 aliphatic heterocycles. The van der Waals surface area contributed by atoms with Gasteiger partial charge in [0.15, 0.2) is 16.6 Å². The van der Waals surface area contributed by atoms with Crippen LogP contribution in [0.5, 0.6) is 0 Å². The van der Waals surface area contributed by atoms with Gasteiger partial charge in [-0.15, -0.1) is 0 Å². The Kier molecular flexibility index (Phi) is 7.35. The van der Waals surface area contributed by atoms with E-state index in [1.54, 1.807) is 0 Å². The Labute approximate surface area is 127 Å². The van der Waals surface area contributed by atoms with Crippen LogP contribution < -0.4 is 0 Å². The van der Waals surface area contributed by atoms with E-state index in [0.717, 1.165) is 6.42 Å². The van der Waals surface area contributed by atoms with Crippen LogP contribution in [-0.4, -0.2) is 35.1 Å². The van der Waals surface area contributed by atoms with Crippen molar-refractivity contribution < 1.29 is 13.6 Å². The molecule has 0 saturated carbocycles. The first kappa shape index (κ1) is 20.0. The van der Waals surface area contributed by atoms with Crippen LogP contribution in [0.2, 0.25) is 39.3 Å². The molecule has 0 N–H and O–H groups in total. The molecule has 0 aromatic rings. The van der Waals surface area contributed by atoms with Gasteiger partial charge in [0.1, 0.15) is 5.78 Å². The van der Waals surface area contributed by atoms with Crippen LogP contribution in [0.25, 0.3) is 0 Å². The summed E-state index contributed by atoms with van der Waals surface area (Å²) in [6.07, 6.45) is 1.32. The van der Waals surface area contributed by atoms with Crippen molar-refractivity contribution in [3.63, 3.8) is 0 Å². The molecule has 0 fully saturated rings. The molecule has 0 saturated heterocycles. The summed E-state index contributed by atoms with van der Waals surface area (Å²) >= 11 is 0.